The van der Waals surface area contributed by atoms with E-state index >= 15 is 0 Å². The van der Waals surface area contributed by atoms with Crippen LogP contribution in [0.15, 0.2) is 65.7 Å². The lowest BCUT2D eigenvalue weighted by Crippen LogP contribution is -2.43. The lowest BCUT2D eigenvalue weighted by molar-refractivity contribution is 0.0254. The van der Waals surface area contributed by atoms with Crippen molar-refractivity contribution < 1.29 is 14.3 Å². The summed E-state index contributed by atoms with van der Waals surface area (Å²) in [5.41, 5.74) is -0.799. The normalized spacial score (nSPS) is 22.6. The SMILES string of the molecule is CC1(C)COC([C@@H]2C[C@H](P(=S)(c3ccccc3)c3ccccc3)CN2C(=O)OC(C)(C)C)=N1. The minimum absolute atomic E-state index is 0.0878. The quantitative estimate of drug-likeness (QED) is 0.591. The lowest BCUT2D eigenvalue weighted by atomic mass is 10.1. The predicted molar refractivity (Wildman–Crippen MR) is 139 cm³/mol. The summed E-state index contributed by atoms with van der Waals surface area (Å²) in [7, 11) is 0. The smallest absolute Gasteiger partial charge is 0.410 e. The summed E-state index contributed by atoms with van der Waals surface area (Å²) in [5, 5.41) is 2.33. The first-order chi connectivity index (χ1) is 15.5. The fourth-order valence-electron chi connectivity index (χ4n) is 4.49. The zero-order chi connectivity index (χ0) is 23.9. The molecule has 0 radical (unpaired) electrons. The van der Waals surface area contributed by atoms with Crippen molar-refractivity contribution in [3.8, 4) is 0 Å². The number of aliphatic imine (C=N–C) groups is 1. The van der Waals surface area contributed by atoms with Gasteiger partial charge in [0.15, 0.2) is 0 Å². The number of hydrogen-bond donors (Lipinski definition) is 0. The van der Waals surface area contributed by atoms with Crippen LogP contribution in [0, 0.1) is 0 Å². The Bertz CT molecular complexity index is 1040. The van der Waals surface area contributed by atoms with Crippen LogP contribution in [0.3, 0.4) is 0 Å². The maximum absolute atomic E-state index is 13.3. The Morgan fingerprint density at radius 1 is 1.09 bits per heavy atom. The molecule has 33 heavy (non-hydrogen) atoms. The second kappa shape index (κ2) is 8.88. The largest absolute Gasteiger partial charge is 0.477 e. The van der Waals surface area contributed by atoms with Crippen LogP contribution in [0.5, 0.6) is 0 Å². The molecule has 2 aliphatic heterocycles. The van der Waals surface area contributed by atoms with Gasteiger partial charge in [-0.05, 0) is 51.6 Å². The Kier molecular flexibility index (Phi) is 6.45. The number of amides is 1. The van der Waals surface area contributed by atoms with Crippen LogP contribution in [0.1, 0.15) is 41.0 Å². The number of carbonyl (C=O) groups excluding carboxylic acids is 1. The fraction of sp³-hybridized carbons (Fsp3) is 0.462. The van der Waals surface area contributed by atoms with E-state index in [1.165, 1.54) is 0 Å². The van der Waals surface area contributed by atoms with E-state index in [1.54, 1.807) is 4.90 Å². The molecule has 0 N–H and O–H groups in total. The molecular formula is C26H33N2O3PS. The number of benzene rings is 2. The van der Waals surface area contributed by atoms with Gasteiger partial charge in [0.25, 0.3) is 0 Å². The first kappa shape index (κ1) is 24.0. The standard InChI is InChI=1S/C26H33N2O3PS/c1-25(2,3)31-24(29)28-17-21(16-22(28)23-27-26(4,5)18-30-23)32(33,19-12-8-6-9-13-19)20-14-10-7-11-15-20/h6-15,21-22H,16-18H2,1-5H3/t21-,22-/m0/s1. The molecule has 2 aromatic rings. The molecule has 1 amide bonds. The summed E-state index contributed by atoms with van der Waals surface area (Å²) in [6, 6.07) is 18.2. The molecule has 1 fully saturated rings. The molecule has 0 bridgehead atoms. The maximum atomic E-state index is 13.3. The molecule has 7 heteroatoms. The molecule has 0 saturated carbocycles. The van der Waals surface area contributed by atoms with Gasteiger partial charge in [0, 0.05) is 18.2 Å². The summed E-state index contributed by atoms with van der Waals surface area (Å²) in [6.07, 6.45) is 0.364. The molecular weight excluding hydrogens is 451 g/mol. The topological polar surface area (TPSA) is 51.1 Å². The summed E-state index contributed by atoms with van der Waals surface area (Å²) in [6.45, 7) is 10.8. The second-order valence-corrected chi connectivity index (χ2v) is 15.2. The monoisotopic (exact) mass is 484 g/mol. The minimum Gasteiger partial charge on any atom is -0.477 e. The highest BCUT2D eigenvalue weighted by atomic mass is 32.4. The molecule has 5 nitrogen and oxygen atoms in total. The molecule has 2 aliphatic rings. The van der Waals surface area contributed by atoms with Gasteiger partial charge in [-0.25, -0.2) is 9.79 Å². The summed E-state index contributed by atoms with van der Waals surface area (Å²) < 4.78 is 11.8. The van der Waals surface area contributed by atoms with E-state index < -0.39 is 11.6 Å². The summed E-state index contributed by atoms with van der Waals surface area (Å²) >= 11 is 6.57. The van der Waals surface area contributed by atoms with E-state index in [0.717, 1.165) is 10.6 Å². The van der Waals surface area contributed by atoms with Crippen LogP contribution in [0.25, 0.3) is 0 Å². The molecule has 0 aliphatic carbocycles. The van der Waals surface area contributed by atoms with E-state index in [4.69, 9.17) is 26.3 Å². The van der Waals surface area contributed by atoms with Crippen molar-refractivity contribution in [3.63, 3.8) is 0 Å². The highest BCUT2D eigenvalue weighted by Crippen LogP contribution is 2.53. The fourth-order valence-corrected chi connectivity index (χ4v) is 8.95. The van der Waals surface area contributed by atoms with Crippen molar-refractivity contribution in [2.45, 2.75) is 63.9 Å². The third kappa shape index (κ3) is 5.02. The van der Waals surface area contributed by atoms with Gasteiger partial charge < -0.3 is 9.47 Å². The number of hydrogen-bond acceptors (Lipinski definition) is 5. The Morgan fingerprint density at radius 2 is 1.64 bits per heavy atom. The van der Waals surface area contributed by atoms with Crippen LogP contribution < -0.4 is 10.6 Å². The van der Waals surface area contributed by atoms with Crippen molar-refractivity contribution in [2.24, 2.45) is 4.99 Å². The Labute approximate surface area is 202 Å². The van der Waals surface area contributed by atoms with Crippen molar-refractivity contribution >= 4 is 40.4 Å². The summed E-state index contributed by atoms with van der Waals surface area (Å²) in [5.74, 6) is 0.621. The zero-order valence-corrected chi connectivity index (χ0v) is 21.7. The molecule has 0 spiro atoms. The Morgan fingerprint density at radius 3 is 2.09 bits per heavy atom. The van der Waals surface area contributed by atoms with Gasteiger partial charge in [-0.2, -0.15) is 0 Å². The van der Waals surface area contributed by atoms with E-state index in [9.17, 15) is 4.79 Å². The highest BCUT2D eigenvalue weighted by molar-refractivity contribution is 8.22. The Hall–Kier alpha value is -2.17. The highest BCUT2D eigenvalue weighted by Gasteiger charge is 2.48. The van der Waals surface area contributed by atoms with Gasteiger partial charge in [-0.3, -0.25) is 4.90 Å². The first-order valence-corrected chi connectivity index (χ1v) is 14.3. The van der Waals surface area contributed by atoms with Crippen LogP contribution >= 0.6 is 6.04 Å². The lowest BCUT2D eigenvalue weighted by Gasteiger charge is -2.30. The molecule has 176 valence electrons. The molecule has 2 heterocycles. The van der Waals surface area contributed by atoms with Gasteiger partial charge in [-0.15, -0.1) is 0 Å². The number of ether oxygens (including phenoxy) is 2. The number of likely N-dealkylation sites (tertiary alicyclic amines) is 1. The van der Waals surface area contributed by atoms with E-state index in [2.05, 4.69) is 24.3 Å². The third-order valence-corrected chi connectivity index (χ3v) is 11.7. The maximum Gasteiger partial charge on any atom is 0.410 e. The Balaban J connectivity index is 1.76. The van der Waals surface area contributed by atoms with Crippen molar-refractivity contribution in [3.05, 3.63) is 60.7 Å². The van der Waals surface area contributed by atoms with Crippen LogP contribution in [0.4, 0.5) is 4.79 Å². The van der Waals surface area contributed by atoms with Crippen LogP contribution in [0.2, 0.25) is 0 Å². The average Bonchev–Trinajstić information content (AvgIpc) is 3.37. The first-order valence-electron chi connectivity index (χ1n) is 11.4. The zero-order valence-electron chi connectivity index (χ0n) is 20.0. The van der Waals surface area contributed by atoms with Gasteiger partial charge in [0.2, 0.25) is 5.90 Å². The van der Waals surface area contributed by atoms with Crippen molar-refractivity contribution in [2.75, 3.05) is 13.2 Å². The van der Waals surface area contributed by atoms with Crippen LogP contribution in [-0.4, -0.2) is 52.9 Å². The number of rotatable bonds is 4. The van der Waals surface area contributed by atoms with E-state index in [0.29, 0.717) is 25.5 Å². The third-order valence-electron chi connectivity index (χ3n) is 5.97. The molecule has 0 aromatic heterocycles. The second-order valence-electron chi connectivity index (χ2n) is 10.4. The van der Waals surface area contributed by atoms with Crippen molar-refractivity contribution in [1.82, 2.24) is 4.90 Å². The molecule has 2 aromatic carbocycles. The van der Waals surface area contributed by atoms with Crippen LogP contribution in [-0.2, 0) is 21.3 Å². The molecule has 0 unspecified atom stereocenters. The van der Waals surface area contributed by atoms with Gasteiger partial charge in [0.1, 0.15) is 18.2 Å². The number of carbonyl (C=O) groups is 1. The van der Waals surface area contributed by atoms with Gasteiger partial charge >= 0.3 is 6.09 Å². The van der Waals surface area contributed by atoms with E-state index in [1.807, 2.05) is 71.0 Å². The van der Waals surface area contributed by atoms with Gasteiger partial charge in [-0.1, -0.05) is 72.5 Å². The predicted octanol–water partition coefficient (Wildman–Crippen LogP) is 4.70. The van der Waals surface area contributed by atoms with E-state index in [-0.39, 0.29) is 23.3 Å². The molecule has 1 saturated heterocycles. The van der Waals surface area contributed by atoms with Crippen molar-refractivity contribution in [1.29, 1.82) is 0 Å². The average molecular weight is 485 g/mol. The summed E-state index contributed by atoms with van der Waals surface area (Å²) in [4.78, 5) is 19.9. The van der Waals surface area contributed by atoms with Gasteiger partial charge in [0.05, 0.1) is 5.54 Å². The number of nitrogens with zero attached hydrogens (tertiary/aromatic N) is 2. The minimum atomic E-state index is -2.24. The molecule has 2 atom stereocenters. The molecule has 4 rings (SSSR count).